The molecule has 0 fully saturated rings. The molecule has 8 heteroatoms. The molecule has 0 spiro atoms. The molecule has 1 aromatic heterocycles. The predicted molar refractivity (Wildman–Crippen MR) is 79.2 cm³/mol. The average molecular weight is 320 g/mol. The third-order valence-corrected chi connectivity index (χ3v) is 4.52. The Morgan fingerprint density at radius 3 is 2.95 bits per heavy atom. The van der Waals surface area contributed by atoms with E-state index in [2.05, 4.69) is 22.5 Å². The molecule has 0 saturated carbocycles. The molecule has 7 nitrogen and oxygen atoms in total. The van der Waals surface area contributed by atoms with Crippen LogP contribution in [0.5, 0.6) is 0 Å². The summed E-state index contributed by atoms with van der Waals surface area (Å²) in [5, 5.41) is 11.0. The first-order chi connectivity index (χ1) is 10.5. The summed E-state index contributed by atoms with van der Waals surface area (Å²) < 4.78 is 25.9. The van der Waals surface area contributed by atoms with Gasteiger partial charge in [-0.1, -0.05) is 12.2 Å². The normalized spacial score (nSPS) is 17.5. The van der Waals surface area contributed by atoms with Crippen LogP contribution in [0.15, 0.2) is 35.5 Å². The van der Waals surface area contributed by atoms with Crippen molar-refractivity contribution in [2.24, 2.45) is 5.92 Å². The van der Waals surface area contributed by atoms with E-state index in [-0.39, 0.29) is 10.6 Å². The number of hydrogen-bond donors (Lipinski definition) is 2. The molecule has 0 radical (unpaired) electrons. The van der Waals surface area contributed by atoms with Crippen molar-refractivity contribution in [2.75, 3.05) is 6.54 Å². The number of nitrogens with zero attached hydrogens (tertiary/aromatic N) is 2. The average Bonchev–Trinajstić information content (AvgIpc) is 2.53. The molecule has 22 heavy (non-hydrogen) atoms. The number of sulfonamides is 1. The van der Waals surface area contributed by atoms with Gasteiger partial charge in [0.25, 0.3) is 10.0 Å². The van der Waals surface area contributed by atoms with E-state index in [0.29, 0.717) is 12.5 Å². The highest BCUT2D eigenvalue weighted by Gasteiger charge is 2.20. The highest BCUT2D eigenvalue weighted by atomic mass is 32.2. The molecule has 1 atom stereocenters. The second-order valence-electron chi connectivity index (χ2n) is 4.96. The van der Waals surface area contributed by atoms with E-state index in [1.54, 1.807) is 0 Å². The minimum Gasteiger partial charge on any atom is -0.337 e. The lowest BCUT2D eigenvalue weighted by molar-refractivity contribution is 0.243. The Hall–Kier alpha value is -2.40. The van der Waals surface area contributed by atoms with Gasteiger partial charge < -0.3 is 5.32 Å². The number of hydrogen-bond acceptors (Lipinski definition) is 5. The lowest BCUT2D eigenvalue weighted by atomic mass is 9.94. The van der Waals surface area contributed by atoms with Crippen LogP contribution in [-0.2, 0) is 10.0 Å². The number of carbonyl (C=O) groups excluding carboxylic acids is 1. The van der Waals surface area contributed by atoms with E-state index < -0.39 is 16.1 Å². The SMILES string of the molecule is N#Cc1ccnc(S(=O)(=O)NC(=O)NCC2CC=CCC2)c1. The van der Waals surface area contributed by atoms with Crippen LogP contribution in [0, 0.1) is 17.2 Å². The summed E-state index contributed by atoms with van der Waals surface area (Å²) in [5.41, 5.74) is 0.157. The fourth-order valence-corrected chi connectivity index (χ4v) is 3.02. The molecule has 0 aliphatic heterocycles. The van der Waals surface area contributed by atoms with Gasteiger partial charge in [-0.2, -0.15) is 13.7 Å². The van der Waals surface area contributed by atoms with Crippen LogP contribution in [0.1, 0.15) is 24.8 Å². The van der Waals surface area contributed by atoms with Crippen molar-refractivity contribution in [1.29, 1.82) is 5.26 Å². The molecule has 0 aromatic carbocycles. The third-order valence-electron chi connectivity index (χ3n) is 3.30. The highest BCUT2D eigenvalue weighted by molar-refractivity contribution is 7.90. The summed E-state index contributed by atoms with van der Waals surface area (Å²) in [6.07, 6.45) is 8.17. The number of amides is 2. The van der Waals surface area contributed by atoms with Gasteiger partial charge in [-0.3, -0.25) is 0 Å². The summed E-state index contributed by atoms with van der Waals surface area (Å²) in [4.78, 5) is 15.4. The van der Waals surface area contributed by atoms with Gasteiger partial charge in [-0.25, -0.2) is 14.5 Å². The van der Waals surface area contributed by atoms with Gasteiger partial charge in [0.15, 0.2) is 5.03 Å². The Labute approximate surface area is 129 Å². The van der Waals surface area contributed by atoms with E-state index in [1.807, 2.05) is 10.8 Å². The molecule has 1 aliphatic rings. The standard InChI is InChI=1S/C14H16N4O3S/c15-9-12-6-7-16-13(8-12)22(20,21)18-14(19)17-10-11-4-2-1-3-5-11/h1-2,6-8,11H,3-5,10H2,(H2,17,18,19). The fourth-order valence-electron chi connectivity index (χ4n) is 2.12. The molecule has 0 saturated heterocycles. The molecule has 0 bridgehead atoms. The molecule has 2 rings (SSSR count). The van der Waals surface area contributed by atoms with Crippen molar-refractivity contribution in [3.63, 3.8) is 0 Å². The maximum Gasteiger partial charge on any atom is 0.328 e. The van der Waals surface area contributed by atoms with Crippen molar-refractivity contribution in [1.82, 2.24) is 15.0 Å². The van der Waals surface area contributed by atoms with E-state index in [1.165, 1.54) is 12.3 Å². The zero-order valence-electron chi connectivity index (χ0n) is 11.8. The maximum absolute atomic E-state index is 12.0. The van der Waals surface area contributed by atoms with E-state index in [9.17, 15) is 13.2 Å². The van der Waals surface area contributed by atoms with Crippen LogP contribution in [0.25, 0.3) is 0 Å². The molecule has 1 aromatic rings. The van der Waals surface area contributed by atoms with Crippen LogP contribution < -0.4 is 10.0 Å². The molecule has 1 unspecified atom stereocenters. The zero-order valence-corrected chi connectivity index (χ0v) is 12.6. The second-order valence-corrected chi connectivity index (χ2v) is 6.59. The summed E-state index contributed by atoms with van der Waals surface area (Å²) >= 11 is 0. The van der Waals surface area contributed by atoms with Crippen molar-refractivity contribution >= 4 is 16.1 Å². The molecular weight excluding hydrogens is 304 g/mol. The third kappa shape index (κ3) is 4.30. The summed E-state index contributed by atoms with van der Waals surface area (Å²) in [6, 6.07) is 3.53. The monoisotopic (exact) mass is 320 g/mol. The summed E-state index contributed by atoms with van der Waals surface area (Å²) in [7, 11) is -4.08. The van der Waals surface area contributed by atoms with Crippen molar-refractivity contribution in [2.45, 2.75) is 24.3 Å². The Balaban J connectivity index is 1.94. The topological polar surface area (TPSA) is 112 Å². The molecule has 1 aliphatic carbocycles. The Morgan fingerprint density at radius 2 is 2.27 bits per heavy atom. The molecular formula is C14H16N4O3S. The number of nitrogens with one attached hydrogen (secondary N) is 2. The van der Waals surface area contributed by atoms with E-state index in [0.717, 1.165) is 25.3 Å². The lowest BCUT2D eigenvalue weighted by Crippen LogP contribution is -2.41. The van der Waals surface area contributed by atoms with Gasteiger partial charge in [0.05, 0.1) is 11.6 Å². The van der Waals surface area contributed by atoms with Crippen molar-refractivity contribution in [3.05, 3.63) is 36.0 Å². The Bertz CT molecular complexity index is 722. The molecule has 2 N–H and O–H groups in total. The van der Waals surface area contributed by atoms with Crippen molar-refractivity contribution < 1.29 is 13.2 Å². The zero-order chi connectivity index (χ0) is 16.0. The van der Waals surface area contributed by atoms with Crippen LogP contribution in [0.2, 0.25) is 0 Å². The maximum atomic E-state index is 12.0. The number of nitriles is 1. The van der Waals surface area contributed by atoms with Gasteiger partial charge >= 0.3 is 6.03 Å². The first-order valence-corrected chi connectivity index (χ1v) is 8.31. The van der Waals surface area contributed by atoms with Gasteiger partial charge in [-0.15, -0.1) is 0 Å². The number of pyridine rings is 1. The number of carbonyl (C=O) groups is 1. The number of aromatic nitrogens is 1. The highest BCUT2D eigenvalue weighted by Crippen LogP contribution is 2.16. The van der Waals surface area contributed by atoms with Crippen LogP contribution in [0.3, 0.4) is 0 Å². The van der Waals surface area contributed by atoms with Crippen LogP contribution in [0.4, 0.5) is 4.79 Å². The van der Waals surface area contributed by atoms with Crippen LogP contribution >= 0.6 is 0 Å². The number of allylic oxidation sites excluding steroid dienone is 2. The largest absolute Gasteiger partial charge is 0.337 e. The van der Waals surface area contributed by atoms with E-state index >= 15 is 0 Å². The van der Waals surface area contributed by atoms with Gasteiger partial charge in [0, 0.05) is 12.7 Å². The second kappa shape index (κ2) is 7.04. The smallest absolute Gasteiger partial charge is 0.328 e. The Kier molecular flexibility index (Phi) is 5.12. The minimum absolute atomic E-state index is 0.157. The lowest BCUT2D eigenvalue weighted by Gasteiger charge is -2.18. The minimum atomic E-state index is -4.08. The number of rotatable bonds is 4. The van der Waals surface area contributed by atoms with E-state index in [4.69, 9.17) is 5.26 Å². The first kappa shape index (κ1) is 16.0. The summed E-state index contributed by atoms with van der Waals surface area (Å²) in [6.45, 7) is 0.414. The molecule has 1 heterocycles. The van der Waals surface area contributed by atoms with Crippen molar-refractivity contribution in [3.8, 4) is 6.07 Å². The quantitative estimate of drug-likeness (QED) is 0.812. The molecule has 116 valence electrons. The Morgan fingerprint density at radius 1 is 1.45 bits per heavy atom. The van der Waals surface area contributed by atoms with Gasteiger partial charge in [0.1, 0.15) is 0 Å². The van der Waals surface area contributed by atoms with Gasteiger partial charge in [0.2, 0.25) is 0 Å². The summed E-state index contributed by atoms with van der Waals surface area (Å²) in [5.74, 6) is 0.318. The number of urea groups is 1. The fraction of sp³-hybridized carbons (Fsp3) is 0.357. The first-order valence-electron chi connectivity index (χ1n) is 6.83. The van der Waals surface area contributed by atoms with Crippen LogP contribution in [-0.4, -0.2) is 26.0 Å². The molecule has 2 amide bonds. The predicted octanol–water partition coefficient (Wildman–Crippen LogP) is 1.30. The van der Waals surface area contributed by atoms with Gasteiger partial charge in [-0.05, 0) is 37.3 Å².